The standard InChI is InChI=1S/C22H22BrClN2/c1-14-12-22(2,3)26(4)21-11-20(24)16(10-19(14)21)8-17(13-25)15-6-5-7-18(23)9-15/h5-11,14H,12H2,1-4H3/b17-8-/t14-/m1/s1. The van der Waals surface area contributed by atoms with Crippen molar-refractivity contribution in [2.75, 3.05) is 11.9 Å². The summed E-state index contributed by atoms with van der Waals surface area (Å²) in [5.41, 5.74) is 4.93. The van der Waals surface area contributed by atoms with Gasteiger partial charge in [-0.15, -0.1) is 0 Å². The maximum atomic E-state index is 9.64. The highest BCUT2D eigenvalue weighted by Crippen LogP contribution is 2.44. The average Bonchev–Trinajstić information content (AvgIpc) is 2.58. The Kier molecular flexibility index (Phi) is 5.19. The van der Waals surface area contributed by atoms with Gasteiger partial charge < -0.3 is 4.90 Å². The maximum absolute atomic E-state index is 9.64. The van der Waals surface area contributed by atoms with E-state index >= 15 is 0 Å². The number of hydrogen-bond acceptors (Lipinski definition) is 2. The van der Waals surface area contributed by atoms with Crippen LogP contribution < -0.4 is 4.90 Å². The fraction of sp³-hybridized carbons (Fsp3) is 0.318. The molecule has 134 valence electrons. The summed E-state index contributed by atoms with van der Waals surface area (Å²) in [4.78, 5) is 2.31. The highest BCUT2D eigenvalue weighted by Gasteiger charge is 2.34. The molecule has 0 fully saturated rings. The second-order valence-electron chi connectivity index (χ2n) is 7.59. The van der Waals surface area contributed by atoms with Gasteiger partial charge in [-0.25, -0.2) is 0 Å². The van der Waals surface area contributed by atoms with Crippen molar-refractivity contribution in [1.29, 1.82) is 5.26 Å². The van der Waals surface area contributed by atoms with Gasteiger partial charge in [-0.1, -0.05) is 46.6 Å². The van der Waals surface area contributed by atoms with Crippen LogP contribution in [-0.4, -0.2) is 12.6 Å². The Hall–Kier alpha value is -1.76. The molecule has 0 N–H and O–H groups in total. The largest absolute Gasteiger partial charge is 0.369 e. The number of nitriles is 1. The van der Waals surface area contributed by atoms with Gasteiger partial charge in [0.2, 0.25) is 0 Å². The van der Waals surface area contributed by atoms with Crippen LogP contribution in [0.15, 0.2) is 40.9 Å². The van der Waals surface area contributed by atoms with Crippen molar-refractivity contribution in [1.82, 2.24) is 0 Å². The molecule has 0 spiro atoms. The first-order chi connectivity index (χ1) is 12.2. The number of hydrogen-bond donors (Lipinski definition) is 0. The molecule has 0 radical (unpaired) electrons. The molecule has 4 heteroatoms. The van der Waals surface area contributed by atoms with E-state index in [2.05, 4.69) is 60.8 Å². The normalized spacial score (nSPS) is 19.0. The number of nitrogens with zero attached hydrogens (tertiary/aromatic N) is 2. The topological polar surface area (TPSA) is 27.0 Å². The second kappa shape index (κ2) is 7.10. The minimum Gasteiger partial charge on any atom is -0.369 e. The third kappa shape index (κ3) is 3.54. The summed E-state index contributed by atoms with van der Waals surface area (Å²) in [5, 5.41) is 10.3. The number of halogens is 2. The summed E-state index contributed by atoms with van der Waals surface area (Å²) in [7, 11) is 2.12. The molecule has 1 heterocycles. The van der Waals surface area contributed by atoms with Gasteiger partial charge in [0.05, 0.1) is 11.6 Å². The van der Waals surface area contributed by atoms with Gasteiger partial charge in [0.15, 0.2) is 0 Å². The van der Waals surface area contributed by atoms with Crippen LogP contribution in [-0.2, 0) is 0 Å². The van der Waals surface area contributed by atoms with Crippen molar-refractivity contribution in [3.8, 4) is 6.07 Å². The van der Waals surface area contributed by atoms with Crippen LogP contribution in [0.4, 0.5) is 5.69 Å². The van der Waals surface area contributed by atoms with E-state index in [1.54, 1.807) is 0 Å². The lowest BCUT2D eigenvalue weighted by Crippen LogP contribution is -2.45. The Morgan fingerprint density at radius 3 is 2.73 bits per heavy atom. The van der Waals surface area contributed by atoms with Gasteiger partial charge in [-0.3, -0.25) is 0 Å². The molecular weight excluding hydrogens is 408 g/mol. The summed E-state index contributed by atoms with van der Waals surface area (Å²) in [6.07, 6.45) is 2.97. The first-order valence-electron chi connectivity index (χ1n) is 8.68. The molecule has 1 aliphatic rings. The van der Waals surface area contributed by atoms with E-state index < -0.39 is 0 Å². The van der Waals surface area contributed by atoms with E-state index in [0.717, 1.165) is 22.0 Å². The fourth-order valence-electron chi connectivity index (χ4n) is 3.71. The Morgan fingerprint density at radius 1 is 1.35 bits per heavy atom. The van der Waals surface area contributed by atoms with Crippen molar-refractivity contribution < 1.29 is 0 Å². The van der Waals surface area contributed by atoms with Crippen LogP contribution in [0.5, 0.6) is 0 Å². The van der Waals surface area contributed by atoms with Gasteiger partial charge in [-0.2, -0.15) is 5.26 Å². The predicted molar refractivity (Wildman–Crippen MR) is 115 cm³/mol. The molecule has 2 aromatic rings. The molecule has 2 aromatic carbocycles. The Labute approximate surface area is 169 Å². The molecule has 0 aromatic heterocycles. The minimum atomic E-state index is 0.0984. The van der Waals surface area contributed by atoms with E-state index in [9.17, 15) is 5.26 Å². The molecule has 0 saturated heterocycles. The zero-order chi connectivity index (χ0) is 19.1. The molecule has 0 amide bonds. The molecule has 26 heavy (non-hydrogen) atoms. The summed E-state index contributed by atoms with van der Waals surface area (Å²) < 4.78 is 0.949. The van der Waals surface area contributed by atoms with Gasteiger partial charge >= 0.3 is 0 Å². The zero-order valence-corrected chi connectivity index (χ0v) is 17.8. The summed E-state index contributed by atoms with van der Waals surface area (Å²) in [5.74, 6) is 0.442. The Bertz CT molecular complexity index is 924. The molecule has 0 unspecified atom stereocenters. The Balaban J connectivity index is 2.10. The number of fused-ring (bicyclic) bond motifs is 1. The van der Waals surface area contributed by atoms with E-state index in [-0.39, 0.29) is 5.54 Å². The van der Waals surface area contributed by atoms with E-state index in [1.165, 1.54) is 11.3 Å². The number of rotatable bonds is 2. The smallest absolute Gasteiger partial charge is 0.0998 e. The first kappa shape index (κ1) is 19.0. The van der Waals surface area contributed by atoms with Crippen LogP contribution in [0.2, 0.25) is 5.02 Å². The lowest BCUT2D eigenvalue weighted by Gasteiger charge is -2.45. The van der Waals surface area contributed by atoms with Crippen molar-refractivity contribution in [2.45, 2.75) is 38.6 Å². The molecule has 3 rings (SSSR count). The number of anilines is 1. The molecule has 1 atom stereocenters. The number of allylic oxidation sites excluding steroid dienone is 1. The lowest BCUT2D eigenvalue weighted by atomic mass is 9.80. The maximum Gasteiger partial charge on any atom is 0.0998 e. The van der Waals surface area contributed by atoms with Crippen molar-refractivity contribution >= 4 is 44.9 Å². The third-order valence-electron chi connectivity index (χ3n) is 5.31. The number of benzene rings is 2. The first-order valence-corrected chi connectivity index (χ1v) is 9.85. The van der Waals surface area contributed by atoms with Gasteiger partial charge in [0.25, 0.3) is 0 Å². The highest BCUT2D eigenvalue weighted by molar-refractivity contribution is 9.10. The van der Waals surface area contributed by atoms with Crippen LogP contribution in [0.1, 0.15) is 49.8 Å². The monoisotopic (exact) mass is 428 g/mol. The Morgan fingerprint density at radius 2 is 2.08 bits per heavy atom. The third-order valence-corrected chi connectivity index (χ3v) is 6.13. The van der Waals surface area contributed by atoms with E-state index in [4.69, 9.17) is 11.6 Å². The SMILES string of the molecule is C[C@@H]1CC(C)(C)N(C)c2cc(Cl)c(/C=C(/C#N)c3cccc(Br)c3)cc21. The zero-order valence-electron chi connectivity index (χ0n) is 15.5. The molecular formula is C22H22BrClN2. The van der Waals surface area contributed by atoms with Crippen molar-refractivity contribution in [2.24, 2.45) is 0 Å². The van der Waals surface area contributed by atoms with Gasteiger partial charge in [0, 0.05) is 27.8 Å². The summed E-state index contributed by atoms with van der Waals surface area (Å²) in [6.45, 7) is 6.78. The average molecular weight is 430 g/mol. The van der Waals surface area contributed by atoms with Crippen molar-refractivity contribution in [3.63, 3.8) is 0 Å². The molecule has 0 saturated carbocycles. The molecule has 0 bridgehead atoms. The van der Waals surface area contributed by atoms with Crippen molar-refractivity contribution in [3.05, 3.63) is 62.6 Å². The predicted octanol–water partition coefficient (Wildman–Crippen LogP) is 6.89. The summed E-state index contributed by atoms with van der Waals surface area (Å²) >= 11 is 10.1. The quantitative estimate of drug-likeness (QED) is 0.384. The van der Waals surface area contributed by atoms with E-state index in [1.807, 2.05) is 36.4 Å². The van der Waals surface area contributed by atoms with Crippen LogP contribution in [0.3, 0.4) is 0 Å². The van der Waals surface area contributed by atoms with Crippen LogP contribution in [0.25, 0.3) is 11.6 Å². The molecule has 1 aliphatic heterocycles. The molecule has 0 aliphatic carbocycles. The summed E-state index contributed by atoms with van der Waals surface area (Å²) in [6, 6.07) is 14.2. The highest BCUT2D eigenvalue weighted by atomic mass is 79.9. The van der Waals surface area contributed by atoms with Gasteiger partial charge in [-0.05, 0) is 73.2 Å². The molecule has 2 nitrogen and oxygen atoms in total. The second-order valence-corrected chi connectivity index (χ2v) is 8.91. The van der Waals surface area contributed by atoms with Gasteiger partial charge in [0.1, 0.15) is 0 Å². The fourth-order valence-corrected chi connectivity index (χ4v) is 4.32. The lowest BCUT2D eigenvalue weighted by molar-refractivity contribution is 0.395. The van der Waals surface area contributed by atoms with Crippen LogP contribution in [0, 0.1) is 11.3 Å². The van der Waals surface area contributed by atoms with E-state index in [0.29, 0.717) is 16.5 Å². The van der Waals surface area contributed by atoms with Crippen LogP contribution >= 0.6 is 27.5 Å². The minimum absolute atomic E-state index is 0.0984.